The van der Waals surface area contributed by atoms with Gasteiger partial charge in [0.1, 0.15) is 18.2 Å². The first-order chi connectivity index (χ1) is 7.43. The Morgan fingerprint density at radius 1 is 1.50 bits per heavy atom. The summed E-state index contributed by atoms with van der Waals surface area (Å²) in [6.45, 7) is 4.16. The fourth-order valence-electron chi connectivity index (χ4n) is 1.55. The van der Waals surface area contributed by atoms with Gasteiger partial charge >= 0.3 is 11.9 Å². The van der Waals surface area contributed by atoms with Crippen molar-refractivity contribution in [2.24, 2.45) is 11.7 Å². The van der Waals surface area contributed by atoms with Gasteiger partial charge in [0.05, 0.1) is 0 Å². The molecule has 1 heterocycles. The molecule has 1 rings (SSSR count). The van der Waals surface area contributed by atoms with Crippen molar-refractivity contribution in [1.29, 1.82) is 0 Å². The lowest BCUT2D eigenvalue weighted by atomic mass is 10.1. The molecule has 0 aromatic carbocycles. The predicted molar refractivity (Wildman–Crippen MR) is 56.7 cm³/mol. The van der Waals surface area contributed by atoms with Crippen LogP contribution in [0.1, 0.15) is 20.3 Å². The van der Waals surface area contributed by atoms with Gasteiger partial charge in [0.25, 0.3) is 0 Å². The van der Waals surface area contributed by atoms with Crippen molar-refractivity contribution in [3.05, 3.63) is 0 Å². The van der Waals surface area contributed by atoms with Gasteiger partial charge in [-0.15, -0.1) is 0 Å². The standard InChI is InChI=1S/C10H18N2O4/c1-5(2)7(11)10(15)16-6-3-4-12-8(6)9(13)14/h5-8,12H,3-4,11H2,1-2H3,(H,13,14)/t6?,7-,8-/m0/s1. The molecule has 0 aliphatic carbocycles. The summed E-state index contributed by atoms with van der Waals surface area (Å²) < 4.78 is 5.10. The molecule has 0 aromatic heterocycles. The van der Waals surface area contributed by atoms with Gasteiger partial charge in [0.15, 0.2) is 0 Å². The van der Waals surface area contributed by atoms with Crippen LogP contribution in [0, 0.1) is 5.92 Å². The van der Waals surface area contributed by atoms with Crippen molar-refractivity contribution in [1.82, 2.24) is 5.32 Å². The lowest BCUT2D eigenvalue weighted by molar-refractivity contribution is -0.155. The lowest BCUT2D eigenvalue weighted by Gasteiger charge is -2.20. The van der Waals surface area contributed by atoms with E-state index in [0.29, 0.717) is 13.0 Å². The summed E-state index contributed by atoms with van der Waals surface area (Å²) in [6, 6.07) is -1.52. The topological polar surface area (TPSA) is 102 Å². The van der Waals surface area contributed by atoms with E-state index >= 15 is 0 Å². The summed E-state index contributed by atoms with van der Waals surface area (Å²) in [7, 11) is 0. The molecule has 92 valence electrons. The molecule has 0 saturated carbocycles. The highest BCUT2D eigenvalue weighted by atomic mass is 16.5. The van der Waals surface area contributed by atoms with E-state index in [4.69, 9.17) is 15.6 Å². The average Bonchev–Trinajstić information content (AvgIpc) is 2.64. The van der Waals surface area contributed by atoms with E-state index in [0.717, 1.165) is 0 Å². The zero-order valence-electron chi connectivity index (χ0n) is 9.47. The molecular weight excluding hydrogens is 212 g/mol. The molecule has 1 saturated heterocycles. The van der Waals surface area contributed by atoms with Crippen LogP contribution < -0.4 is 11.1 Å². The first kappa shape index (κ1) is 12.9. The molecule has 0 aromatic rings. The Kier molecular flexibility index (Phi) is 4.26. The molecule has 0 bridgehead atoms. The Hall–Kier alpha value is -1.14. The lowest BCUT2D eigenvalue weighted by Crippen LogP contribution is -2.44. The molecule has 1 aliphatic heterocycles. The van der Waals surface area contributed by atoms with E-state index in [9.17, 15) is 9.59 Å². The Labute approximate surface area is 94.1 Å². The Morgan fingerprint density at radius 2 is 2.12 bits per heavy atom. The summed E-state index contributed by atoms with van der Waals surface area (Å²) in [4.78, 5) is 22.4. The maximum absolute atomic E-state index is 11.5. The zero-order chi connectivity index (χ0) is 12.3. The summed E-state index contributed by atoms with van der Waals surface area (Å²) in [5.41, 5.74) is 5.62. The fraction of sp³-hybridized carbons (Fsp3) is 0.800. The van der Waals surface area contributed by atoms with Crippen molar-refractivity contribution < 1.29 is 19.4 Å². The molecule has 0 spiro atoms. The maximum atomic E-state index is 11.5. The Bertz CT molecular complexity index is 280. The number of carbonyl (C=O) groups is 2. The van der Waals surface area contributed by atoms with Crippen LogP contribution in [-0.2, 0) is 14.3 Å². The van der Waals surface area contributed by atoms with Gasteiger partial charge < -0.3 is 20.9 Å². The average molecular weight is 230 g/mol. The van der Waals surface area contributed by atoms with E-state index < -0.39 is 30.1 Å². The van der Waals surface area contributed by atoms with Crippen molar-refractivity contribution >= 4 is 11.9 Å². The molecule has 6 nitrogen and oxygen atoms in total. The second kappa shape index (κ2) is 5.27. The number of rotatable bonds is 4. The van der Waals surface area contributed by atoms with Gasteiger partial charge in [-0.2, -0.15) is 0 Å². The minimum atomic E-state index is -1.01. The highest BCUT2D eigenvalue weighted by Gasteiger charge is 2.36. The van der Waals surface area contributed by atoms with E-state index in [1.807, 2.05) is 13.8 Å². The Balaban J connectivity index is 2.53. The minimum absolute atomic E-state index is 0.0230. The Morgan fingerprint density at radius 3 is 2.62 bits per heavy atom. The third-order valence-electron chi connectivity index (χ3n) is 2.69. The number of nitrogens with one attached hydrogen (secondary N) is 1. The molecule has 0 amide bonds. The number of carboxylic acids is 1. The second-order valence-electron chi connectivity index (χ2n) is 4.30. The van der Waals surface area contributed by atoms with Crippen molar-refractivity contribution in [2.45, 2.75) is 38.5 Å². The van der Waals surface area contributed by atoms with Crippen molar-refractivity contribution in [2.75, 3.05) is 6.54 Å². The summed E-state index contributed by atoms with van der Waals surface area (Å²) in [5.74, 6) is -1.56. The third-order valence-corrected chi connectivity index (χ3v) is 2.69. The number of carbonyl (C=O) groups excluding carboxylic acids is 1. The molecule has 1 fully saturated rings. The van der Waals surface area contributed by atoms with Crippen LogP contribution in [0.25, 0.3) is 0 Å². The zero-order valence-corrected chi connectivity index (χ0v) is 9.47. The number of hydrogen-bond acceptors (Lipinski definition) is 5. The third kappa shape index (κ3) is 2.93. The highest BCUT2D eigenvalue weighted by Crippen LogP contribution is 2.13. The van der Waals surface area contributed by atoms with Crippen LogP contribution in [0.5, 0.6) is 0 Å². The van der Waals surface area contributed by atoms with Crippen LogP contribution in [0.3, 0.4) is 0 Å². The van der Waals surface area contributed by atoms with Crippen LogP contribution >= 0.6 is 0 Å². The van der Waals surface area contributed by atoms with Gasteiger partial charge in [0.2, 0.25) is 0 Å². The second-order valence-corrected chi connectivity index (χ2v) is 4.30. The number of nitrogens with two attached hydrogens (primary N) is 1. The van der Waals surface area contributed by atoms with Gasteiger partial charge in [-0.25, -0.2) is 0 Å². The molecule has 1 aliphatic rings. The minimum Gasteiger partial charge on any atom is -0.480 e. The van der Waals surface area contributed by atoms with Gasteiger partial charge in [-0.3, -0.25) is 9.59 Å². The van der Waals surface area contributed by atoms with Crippen LogP contribution in [0.15, 0.2) is 0 Å². The van der Waals surface area contributed by atoms with Crippen molar-refractivity contribution in [3.8, 4) is 0 Å². The van der Waals surface area contributed by atoms with E-state index in [2.05, 4.69) is 5.32 Å². The molecule has 1 unspecified atom stereocenters. The number of aliphatic carboxylic acids is 1. The fourth-order valence-corrected chi connectivity index (χ4v) is 1.55. The number of carboxylic acid groups (broad SMARTS) is 1. The first-order valence-corrected chi connectivity index (χ1v) is 5.35. The predicted octanol–water partition coefficient (Wildman–Crippen LogP) is -0.672. The largest absolute Gasteiger partial charge is 0.480 e. The summed E-state index contributed by atoms with van der Waals surface area (Å²) in [5, 5.41) is 11.6. The number of esters is 1. The van der Waals surface area contributed by atoms with Gasteiger partial charge in [-0.05, 0) is 18.9 Å². The van der Waals surface area contributed by atoms with Crippen LogP contribution in [0.4, 0.5) is 0 Å². The smallest absolute Gasteiger partial charge is 0.324 e. The molecule has 0 radical (unpaired) electrons. The van der Waals surface area contributed by atoms with Crippen molar-refractivity contribution in [3.63, 3.8) is 0 Å². The number of ether oxygens (including phenoxy) is 1. The molecule has 4 N–H and O–H groups in total. The molecule has 16 heavy (non-hydrogen) atoms. The van der Waals surface area contributed by atoms with E-state index in [1.54, 1.807) is 0 Å². The van der Waals surface area contributed by atoms with Crippen LogP contribution in [0.2, 0.25) is 0 Å². The number of hydrogen-bond donors (Lipinski definition) is 3. The summed E-state index contributed by atoms with van der Waals surface area (Å²) in [6.07, 6.45) is -0.108. The highest BCUT2D eigenvalue weighted by molar-refractivity contribution is 5.78. The monoisotopic (exact) mass is 230 g/mol. The normalized spacial score (nSPS) is 26.8. The van der Waals surface area contributed by atoms with Gasteiger partial charge in [0, 0.05) is 0 Å². The van der Waals surface area contributed by atoms with E-state index in [1.165, 1.54) is 0 Å². The quantitative estimate of drug-likeness (QED) is 0.553. The summed E-state index contributed by atoms with van der Waals surface area (Å²) >= 11 is 0. The van der Waals surface area contributed by atoms with Gasteiger partial charge in [-0.1, -0.05) is 13.8 Å². The van der Waals surface area contributed by atoms with E-state index in [-0.39, 0.29) is 5.92 Å². The van der Waals surface area contributed by atoms with Crippen LogP contribution in [-0.4, -0.2) is 41.8 Å². The SMILES string of the molecule is CC(C)[C@H](N)C(=O)OC1CCN[C@@H]1C(=O)O. The maximum Gasteiger partial charge on any atom is 0.324 e. The molecule has 3 atom stereocenters. The molecule has 6 heteroatoms. The first-order valence-electron chi connectivity index (χ1n) is 5.35. The molecular formula is C10H18N2O4.